The van der Waals surface area contributed by atoms with Crippen molar-refractivity contribution in [1.29, 1.82) is 0 Å². The van der Waals surface area contributed by atoms with Crippen molar-refractivity contribution in [3.8, 4) is 0 Å². The van der Waals surface area contributed by atoms with E-state index >= 15 is 0 Å². The summed E-state index contributed by atoms with van der Waals surface area (Å²) in [6.45, 7) is 2.23. The van der Waals surface area contributed by atoms with Crippen LogP contribution in [-0.4, -0.2) is 19.1 Å². The molecule has 4 heteroatoms. The van der Waals surface area contributed by atoms with Gasteiger partial charge in [-0.05, 0) is 37.9 Å². The van der Waals surface area contributed by atoms with Gasteiger partial charge in [0.15, 0.2) is 0 Å². The van der Waals surface area contributed by atoms with Gasteiger partial charge in [0.25, 0.3) is 0 Å². The van der Waals surface area contributed by atoms with Crippen LogP contribution in [0.3, 0.4) is 0 Å². The average Bonchev–Trinajstić information content (AvgIpc) is 2.77. The van der Waals surface area contributed by atoms with Crippen LogP contribution in [0, 0.1) is 0 Å². The molecule has 1 fully saturated rings. The first-order valence-corrected chi connectivity index (χ1v) is 6.26. The van der Waals surface area contributed by atoms with Gasteiger partial charge in [-0.15, -0.1) is 11.3 Å². The fourth-order valence-corrected chi connectivity index (χ4v) is 2.75. The average molecular weight is 231 g/mol. The minimum Gasteiger partial charge on any atom is -0.377 e. The zero-order valence-electron chi connectivity index (χ0n) is 8.05. The molecule has 1 aromatic rings. The minimum atomic E-state index is 0.720. The lowest BCUT2D eigenvalue weighted by molar-refractivity contribution is 0.575. The van der Waals surface area contributed by atoms with Crippen LogP contribution in [-0.2, 0) is 0 Å². The number of thiophene rings is 1. The summed E-state index contributed by atoms with van der Waals surface area (Å²) in [4.78, 5) is 0. The molecule has 0 amide bonds. The van der Waals surface area contributed by atoms with Gasteiger partial charge >= 0.3 is 0 Å². The summed E-state index contributed by atoms with van der Waals surface area (Å²) in [5.41, 5.74) is 0. The molecular formula is C10H15ClN2S. The van der Waals surface area contributed by atoms with Crippen LogP contribution in [0.5, 0.6) is 0 Å². The topological polar surface area (TPSA) is 24.1 Å². The molecule has 2 heterocycles. The van der Waals surface area contributed by atoms with E-state index < -0.39 is 0 Å². The van der Waals surface area contributed by atoms with Crippen molar-refractivity contribution in [3.05, 3.63) is 16.5 Å². The van der Waals surface area contributed by atoms with Gasteiger partial charge in [-0.1, -0.05) is 11.6 Å². The Morgan fingerprint density at radius 2 is 2.50 bits per heavy atom. The largest absolute Gasteiger partial charge is 0.377 e. The van der Waals surface area contributed by atoms with Crippen molar-refractivity contribution in [3.63, 3.8) is 0 Å². The van der Waals surface area contributed by atoms with Crippen LogP contribution >= 0.6 is 22.9 Å². The molecule has 14 heavy (non-hydrogen) atoms. The van der Waals surface area contributed by atoms with Crippen LogP contribution in [0.25, 0.3) is 0 Å². The number of hydrogen-bond donors (Lipinski definition) is 2. The van der Waals surface area contributed by atoms with Crippen LogP contribution in [0.15, 0.2) is 12.1 Å². The SMILES string of the molecule is Clc1ccc(NCCC2CCCN2)s1. The molecule has 2 N–H and O–H groups in total. The van der Waals surface area contributed by atoms with Crippen molar-refractivity contribution < 1.29 is 0 Å². The monoisotopic (exact) mass is 230 g/mol. The van der Waals surface area contributed by atoms with E-state index in [-0.39, 0.29) is 0 Å². The quantitative estimate of drug-likeness (QED) is 0.831. The first-order valence-electron chi connectivity index (χ1n) is 5.07. The molecule has 1 aromatic heterocycles. The van der Waals surface area contributed by atoms with Crippen molar-refractivity contribution in [2.45, 2.75) is 25.3 Å². The van der Waals surface area contributed by atoms with Gasteiger partial charge in [-0.25, -0.2) is 0 Å². The molecule has 0 spiro atoms. The zero-order chi connectivity index (χ0) is 9.80. The molecule has 1 atom stereocenters. The van der Waals surface area contributed by atoms with Crippen LogP contribution < -0.4 is 10.6 Å². The number of rotatable bonds is 4. The van der Waals surface area contributed by atoms with Gasteiger partial charge in [-0.2, -0.15) is 0 Å². The molecule has 0 radical (unpaired) electrons. The van der Waals surface area contributed by atoms with Gasteiger partial charge in [-0.3, -0.25) is 0 Å². The van der Waals surface area contributed by atoms with E-state index in [2.05, 4.69) is 10.6 Å². The zero-order valence-corrected chi connectivity index (χ0v) is 9.63. The van der Waals surface area contributed by atoms with Crippen molar-refractivity contribution >= 4 is 27.9 Å². The Morgan fingerprint density at radius 1 is 1.57 bits per heavy atom. The van der Waals surface area contributed by atoms with Crippen LogP contribution in [0.2, 0.25) is 4.34 Å². The minimum absolute atomic E-state index is 0.720. The molecule has 0 bridgehead atoms. The fraction of sp³-hybridized carbons (Fsp3) is 0.600. The maximum absolute atomic E-state index is 5.83. The van der Waals surface area contributed by atoms with Gasteiger partial charge in [0.05, 0.1) is 9.34 Å². The number of halogens is 1. The third kappa shape index (κ3) is 2.87. The predicted octanol–water partition coefficient (Wildman–Crippen LogP) is 2.96. The van der Waals surface area contributed by atoms with Gasteiger partial charge in [0, 0.05) is 12.6 Å². The summed E-state index contributed by atoms with van der Waals surface area (Å²) in [5.74, 6) is 0. The summed E-state index contributed by atoms with van der Waals surface area (Å²) in [6, 6.07) is 4.69. The van der Waals surface area contributed by atoms with Gasteiger partial charge < -0.3 is 10.6 Å². The Morgan fingerprint density at radius 3 is 3.14 bits per heavy atom. The first kappa shape index (κ1) is 10.3. The highest BCUT2D eigenvalue weighted by Gasteiger charge is 2.12. The van der Waals surface area contributed by atoms with Crippen molar-refractivity contribution in [2.24, 2.45) is 0 Å². The third-order valence-corrected chi connectivity index (χ3v) is 3.72. The Labute approximate surface area is 93.7 Å². The molecule has 1 unspecified atom stereocenters. The fourth-order valence-electron chi connectivity index (χ4n) is 1.78. The smallest absolute Gasteiger partial charge is 0.0950 e. The molecule has 1 aliphatic heterocycles. The number of hydrogen-bond acceptors (Lipinski definition) is 3. The molecule has 78 valence electrons. The molecule has 0 aromatic carbocycles. The van der Waals surface area contributed by atoms with Crippen molar-refractivity contribution in [2.75, 3.05) is 18.4 Å². The Kier molecular flexibility index (Phi) is 3.67. The highest BCUT2D eigenvalue weighted by molar-refractivity contribution is 7.19. The molecule has 2 nitrogen and oxygen atoms in total. The number of nitrogens with one attached hydrogen (secondary N) is 2. The second-order valence-corrected chi connectivity index (χ2v) is 5.33. The standard InChI is InChI=1S/C10H15ClN2S/c11-9-3-4-10(14-9)13-7-5-8-2-1-6-12-8/h3-4,8,12-13H,1-2,5-7H2. The lowest BCUT2D eigenvalue weighted by Crippen LogP contribution is -2.23. The molecule has 0 aliphatic carbocycles. The van der Waals surface area contributed by atoms with E-state index in [1.807, 2.05) is 12.1 Å². The molecule has 0 saturated carbocycles. The molecular weight excluding hydrogens is 216 g/mol. The Balaban J connectivity index is 1.67. The van der Waals surface area contributed by atoms with Crippen LogP contribution in [0.1, 0.15) is 19.3 Å². The summed E-state index contributed by atoms with van der Waals surface area (Å²) in [7, 11) is 0. The second-order valence-electron chi connectivity index (χ2n) is 3.61. The lowest BCUT2D eigenvalue weighted by Gasteiger charge is -2.10. The third-order valence-electron chi connectivity index (χ3n) is 2.53. The van der Waals surface area contributed by atoms with E-state index in [0.717, 1.165) is 16.9 Å². The van der Waals surface area contributed by atoms with Gasteiger partial charge in [0.1, 0.15) is 0 Å². The molecule has 1 aliphatic rings. The van der Waals surface area contributed by atoms with Crippen LogP contribution in [0.4, 0.5) is 5.00 Å². The predicted molar refractivity (Wildman–Crippen MR) is 63.5 cm³/mol. The van der Waals surface area contributed by atoms with E-state index in [1.165, 1.54) is 30.8 Å². The second kappa shape index (κ2) is 5.01. The first-order chi connectivity index (χ1) is 6.84. The maximum atomic E-state index is 5.83. The molecule has 2 rings (SSSR count). The highest BCUT2D eigenvalue weighted by atomic mass is 35.5. The summed E-state index contributed by atoms with van der Waals surface area (Å²) in [5, 5.41) is 8.05. The summed E-state index contributed by atoms with van der Waals surface area (Å²) >= 11 is 7.44. The van der Waals surface area contributed by atoms with E-state index in [9.17, 15) is 0 Å². The maximum Gasteiger partial charge on any atom is 0.0950 e. The normalized spacial score (nSPS) is 21.4. The van der Waals surface area contributed by atoms with E-state index in [1.54, 1.807) is 11.3 Å². The Bertz CT molecular complexity index is 281. The summed E-state index contributed by atoms with van der Waals surface area (Å²) in [6.07, 6.45) is 3.86. The van der Waals surface area contributed by atoms with E-state index in [4.69, 9.17) is 11.6 Å². The van der Waals surface area contributed by atoms with Gasteiger partial charge in [0.2, 0.25) is 0 Å². The number of anilines is 1. The molecule has 1 saturated heterocycles. The lowest BCUT2D eigenvalue weighted by atomic mass is 10.1. The van der Waals surface area contributed by atoms with E-state index in [0.29, 0.717) is 0 Å². The Hall–Kier alpha value is -0.250. The van der Waals surface area contributed by atoms with Crippen molar-refractivity contribution in [1.82, 2.24) is 5.32 Å². The summed E-state index contributed by atoms with van der Waals surface area (Å²) < 4.78 is 0.853. The highest BCUT2D eigenvalue weighted by Crippen LogP contribution is 2.25.